The molecule has 3 aromatic rings. The molecule has 6 nitrogen and oxygen atoms in total. The summed E-state index contributed by atoms with van der Waals surface area (Å²) >= 11 is 12.3. The lowest BCUT2D eigenvalue weighted by Gasteiger charge is -2.40. The molecule has 1 N–H and O–H groups in total. The number of esters is 1. The van der Waals surface area contributed by atoms with Crippen LogP contribution in [-0.2, 0) is 9.53 Å². The SMILES string of the molecule is CCOC(=O)/C(=N\Nc1cc(Cl)ccc1Cl)N1CCN(C(c2ccccc2)c2ccccc2)CC1. The van der Waals surface area contributed by atoms with Gasteiger partial charge in [0.25, 0.3) is 0 Å². The van der Waals surface area contributed by atoms with E-state index >= 15 is 0 Å². The summed E-state index contributed by atoms with van der Waals surface area (Å²) in [5.74, 6) is -0.257. The largest absolute Gasteiger partial charge is 0.460 e. The summed E-state index contributed by atoms with van der Waals surface area (Å²) in [6.45, 7) is 4.80. The molecule has 0 saturated carbocycles. The molecule has 0 aromatic heterocycles. The summed E-state index contributed by atoms with van der Waals surface area (Å²) in [7, 11) is 0. The van der Waals surface area contributed by atoms with Crippen LogP contribution in [0.4, 0.5) is 5.69 Å². The van der Waals surface area contributed by atoms with Crippen LogP contribution in [0, 0.1) is 0 Å². The Morgan fingerprint density at radius 2 is 1.54 bits per heavy atom. The van der Waals surface area contributed by atoms with Gasteiger partial charge in [-0.15, -0.1) is 5.10 Å². The van der Waals surface area contributed by atoms with Crippen LogP contribution in [-0.4, -0.2) is 54.4 Å². The lowest BCUT2D eigenvalue weighted by atomic mass is 9.96. The van der Waals surface area contributed by atoms with E-state index in [1.165, 1.54) is 11.1 Å². The summed E-state index contributed by atoms with van der Waals surface area (Å²) in [6, 6.07) is 26.2. The number of benzene rings is 3. The van der Waals surface area contributed by atoms with Gasteiger partial charge in [0.2, 0.25) is 5.84 Å². The van der Waals surface area contributed by atoms with E-state index in [9.17, 15) is 4.79 Å². The first-order valence-electron chi connectivity index (χ1n) is 11.6. The average Bonchev–Trinajstić information content (AvgIpc) is 2.89. The van der Waals surface area contributed by atoms with Crippen molar-refractivity contribution >= 4 is 40.7 Å². The zero-order chi connectivity index (χ0) is 24.6. The number of nitrogens with one attached hydrogen (secondary N) is 1. The Bertz CT molecular complexity index is 1110. The van der Waals surface area contributed by atoms with E-state index in [0.29, 0.717) is 28.8 Å². The molecule has 35 heavy (non-hydrogen) atoms. The van der Waals surface area contributed by atoms with Crippen molar-refractivity contribution in [3.63, 3.8) is 0 Å². The molecule has 1 fully saturated rings. The summed E-state index contributed by atoms with van der Waals surface area (Å²) in [5.41, 5.74) is 5.89. The first-order chi connectivity index (χ1) is 17.1. The van der Waals surface area contributed by atoms with Gasteiger partial charge in [-0.3, -0.25) is 10.3 Å². The fourth-order valence-corrected chi connectivity index (χ4v) is 4.55. The van der Waals surface area contributed by atoms with E-state index in [1.54, 1.807) is 25.1 Å². The maximum atomic E-state index is 12.8. The van der Waals surface area contributed by atoms with Crippen molar-refractivity contribution in [3.05, 3.63) is 100 Å². The van der Waals surface area contributed by atoms with Crippen LogP contribution < -0.4 is 5.43 Å². The molecule has 0 bridgehead atoms. The third-order valence-corrected chi connectivity index (χ3v) is 6.44. The van der Waals surface area contributed by atoms with Gasteiger partial charge in [-0.1, -0.05) is 83.9 Å². The Morgan fingerprint density at radius 1 is 0.943 bits per heavy atom. The Hall–Kier alpha value is -3.06. The number of hydrazone groups is 1. The zero-order valence-electron chi connectivity index (χ0n) is 19.5. The van der Waals surface area contributed by atoms with Gasteiger partial charge >= 0.3 is 5.97 Å². The number of carbonyl (C=O) groups is 1. The summed E-state index contributed by atoms with van der Waals surface area (Å²) < 4.78 is 5.29. The Morgan fingerprint density at radius 3 is 2.11 bits per heavy atom. The molecule has 1 aliphatic rings. The second kappa shape index (κ2) is 12.1. The molecular weight excluding hydrogens is 483 g/mol. The highest BCUT2D eigenvalue weighted by Gasteiger charge is 2.30. The van der Waals surface area contributed by atoms with Crippen LogP contribution in [0.25, 0.3) is 0 Å². The second-order valence-electron chi connectivity index (χ2n) is 8.14. The molecular formula is C27H28Cl2N4O2. The molecule has 1 aliphatic heterocycles. The number of hydrogen-bond donors (Lipinski definition) is 1. The van der Waals surface area contributed by atoms with E-state index in [-0.39, 0.29) is 18.5 Å². The quantitative estimate of drug-likeness (QED) is 0.200. The smallest absolute Gasteiger partial charge is 0.375 e. The topological polar surface area (TPSA) is 57.2 Å². The van der Waals surface area contributed by atoms with Crippen molar-refractivity contribution in [1.82, 2.24) is 9.80 Å². The number of piperazine rings is 1. The lowest BCUT2D eigenvalue weighted by Crippen LogP contribution is -2.52. The van der Waals surface area contributed by atoms with Gasteiger partial charge in [-0.2, -0.15) is 0 Å². The molecule has 0 amide bonds. The molecule has 4 rings (SSSR count). The van der Waals surface area contributed by atoms with Gasteiger partial charge in [0.15, 0.2) is 0 Å². The highest BCUT2D eigenvalue weighted by Crippen LogP contribution is 2.30. The van der Waals surface area contributed by atoms with Crippen LogP contribution >= 0.6 is 23.2 Å². The predicted octanol–water partition coefficient (Wildman–Crippen LogP) is 5.69. The van der Waals surface area contributed by atoms with Gasteiger partial charge in [-0.25, -0.2) is 4.79 Å². The lowest BCUT2D eigenvalue weighted by molar-refractivity contribution is -0.136. The molecule has 8 heteroatoms. The van der Waals surface area contributed by atoms with Crippen molar-refractivity contribution in [3.8, 4) is 0 Å². The molecule has 1 heterocycles. The summed E-state index contributed by atoms with van der Waals surface area (Å²) in [6.07, 6.45) is 0. The number of nitrogens with zero attached hydrogens (tertiary/aromatic N) is 3. The normalized spacial score (nSPS) is 14.7. The monoisotopic (exact) mass is 510 g/mol. The fourth-order valence-electron chi connectivity index (χ4n) is 4.21. The van der Waals surface area contributed by atoms with Crippen molar-refractivity contribution in [2.24, 2.45) is 5.10 Å². The fraction of sp³-hybridized carbons (Fsp3) is 0.259. The Labute approximate surface area is 216 Å². The third-order valence-electron chi connectivity index (χ3n) is 5.88. The molecule has 0 radical (unpaired) electrons. The maximum absolute atomic E-state index is 12.8. The van der Waals surface area contributed by atoms with Crippen LogP contribution in [0.5, 0.6) is 0 Å². The van der Waals surface area contributed by atoms with Gasteiger partial charge in [-0.05, 0) is 36.2 Å². The average molecular weight is 511 g/mol. The number of hydrogen-bond acceptors (Lipinski definition) is 5. The Kier molecular flexibility index (Phi) is 8.64. The predicted molar refractivity (Wildman–Crippen MR) is 142 cm³/mol. The molecule has 0 atom stereocenters. The van der Waals surface area contributed by atoms with Crippen molar-refractivity contribution < 1.29 is 9.53 Å². The first-order valence-corrected chi connectivity index (χ1v) is 12.4. The molecule has 0 aliphatic carbocycles. The van der Waals surface area contributed by atoms with Crippen LogP contribution in [0.1, 0.15) is 24.1 Å². The molecule has 0 spiro atoms. The van der Waals surface area contributed by atoms with Gasteiger partial charge in [0.05, 0.1) is 23.4 Å². The van der Waals surface area contributed by atoms with Gasteiger partial charge in [0, 0.05) is 31.2 Å². The molecule has 0 unspecified atom stereocenters. The highest BCUT2D eigenvalue weighted by molar-refractivity contribution is 6.36. The minimum atomic E-state index is -0.478. The number of carbonyl (C=O) groups excluding carboxylic acids is 1. The number of ether oxygens (including phenoxy) is 1. The van der Waals surface area contributed by atoms with E-state index in [0.717, 1.165) is 13.1 Å². The maximum Gasteiger partial charge on any atom is 0.375 e. The van der Waals surface area contributed by atoms with Gasteiger partial charge < -0.3 is 9.64 Å². The van der Waals surface area contributed by atoms with Gasteiger partial charge in [0.1, 0.15) is 0 Å². The van der Waals surface area contributed by atoms with Crippen molar-refractivity contribution in [1.29, 1.82) is 0 Å². The number of amidine groups is 1. The molecule has 1 saturated heterocycles. The van der Waals surface area contributed by atoms with E-state index < -0.39 is 5.97 Å². The standard InChI is InChI=1S/C27H28Cl2N4O2/c1-2-35-27(34)26(31-30-24-19-22(28)13-14-23(24)29)33-17-15-32(16-18-33)25(20-9-5-3-6-10-20)21-11-7-4-8-12-21/h3-14,19,25,30H,2,15-18H2,1H3/b31-26+. The van der Waals surface area contributed by atoms with Crippen LogP contribution in [0.2, 0.25) is 10.0 Å². The number of rotatable bonds is 6. The van der Waals surface area contributed by atoms with E-state index in [2.05, 4.69) is 64.0 Å². The van der Waals surface area contributed by atoms with E-state index in [4.69, 9.17) is 27.9 Å². The summed E-state index contributed by atoms with van der Waals surface area (Å²) in [4.78, 5) is 17.2. The molecule has 3 aromatic carbocycles. The number of anilines is 1. The van der Waals surface area contributed by atoms with Crippen LogP contribution in [0.15, 0.2) is 84.0 Å². The Balaban J connectivity index is 1.53. The minimum Gasteiger partial charge on any atom is -0.460 e. The minimum absolute atomic E-state index is 0.130. The third kappa shape index (κ3) is 6.34. The summed E-state index contributed by atoms with van der Waals surface area (Å²) in [5, 5.41) is 5.36. The highest BCUT2D eigenvalue weighted by atomic mass is 35.5. The second-order valence-corrected chi connectivity index (χ2v) is 8.98. The van der Waals surface area contributed by atoms with Crippen molar-refractivity contribution in [2.45, 2.75) is 13.0 Å². The zero-order valence-corrected chi connectivity index (χ0v) is 21.0. The first kappa shape index (κ1) is 25.0. The van der Waals surface area contributed by atoms with Crippen molar-refractivity contribution in [2.75, 3.05) is 38.2 Å². The van der Waals surface area contributed by atoms with E-state index in [1.807, 2.05) is 17.0 Å². The van der Waals surface area contributed by atoms with Crippen LogP contribution in [0.3, 0.4) is 0 Å². The number of halogens is 2. The molecule has 182 valence electrons.